The molecule has 0 aliphatic heterocycles. The van der Waals surface area contributed by atoms with Gasteiger partial charge in [0.05, 0.1) is 26.4 Å². The van der Waals surface area contributed by atoms with E-state index in [2.05, 4.69) is 41.5 Å². The van der Waals surface area contributed by atoms with Crippen molar-refractivity contribution in [3.8, 4) is 0 Å². The van der Waals surface area contributed by atoms with Gasteiger partial charge in [-0.15, -0.1) is 0 Å². The molecule has 0 aromatic heterocycles. The molecule has 0 radical (unpaired) electrons. The van der Waals surface area contributed by atoms with E-state index in [9.17, 15) is 43.2 Å². The van der Waals surface area contributed by atoms with Crippen molar-refractivity contribution in [2.75, 3.05) is 39.6 Å². The van der Waals surface area contributed by atoms with Gasteiger partial charge in [-0.3, -0.25) is 37.3 Å². The summed E-state index contributed by atoms with van der Waals surface area (Å²) in [5, 5.41) is 10.6. The highest BCUT2D eigenvalue weighted by Crippen LogP contribution is 2.45. The smallest absolute Gasteiger partial charge is 0.462 e. The van der Waals surface area contributed by atoms with Crippen LogP contribution in [-0.2, 0) is 65.4 Å². The van der Waals surface area contributed by atoms with E-state index in [1.807, 2.05) is 0 Å². The van der Waals surface area contributed by atoms with E-state index in [4.69, 9.17) is 37.0 Å². The summed E-state index contributed by atoms with van der Waals surface area (Å²) < 4.78 is 68.1. The van der Waals surface area contributed by atoms with Crippen molar-refractivity contribution in [1.29, 1.82) is 0 Å². The second-order valence-electron chi connectivity index (χ2n) is 27.1. The van der Waals surface area contributed by atoms with Crippen molar-refractivity contribution >= 4 is 39.5 Å². The number of phosphoric ester groups is 2. The molecule has 0 aliphatic carbocycles. The largest absolute Gasteiger partial charge is 0.472 e. The van der Waals surface area contributed by atoms with Crippen LogP contribution in [0.15, 0.2) is 0 Å². The average Bonchev–Trinajstić information content (AvgIpc) is 1.92. The fraction of sp³-hybridized carbons (Fsp3) is 0.945. The number of hydrogen-bond acceptors (Lipinski definition) is 15. The highest BCUT2D eigenvalue weighted by molar-refractivity contribution is 7.47. The van der Waals surface area contributed by atoms with Gasteiger partial charge in [0.15, 0.2) is 12.2 Å². The van der Waals surface area contributed by atoms with Gasteiger partial charge in [-0.05, 0) is 37.5 Å². The van der Waals surface area contributed by atoms with Crippen LogP contribution in [0.25, 0.3) is 0 Å². The van der Waals surface area contributed by atoms with Crippen LogP contribution in [0.4, 0.5) is 0 Å². The molecule has 0 aliphatic rings. The summed E-state index contributed by atoms with van der Waals surface area (Å²) in [7, 11) is -9.89. The molecule has 3 unspecified atom stereocenters. The molecule has 6 atom stereocenters. The lowest BCUT2D eigenvalue weighted by molar-refractivity contribution is -0.161. The third-order valence-electron chi connectivity index (χ3n) is 17.3. The lowest BCUT2D eigenvalue weighted by Crippen LogP contribution is -2.30. The van der Waals surface area contributed by atoms with Gasteiger partial charge in [0.25, 0.3) is 0 Å². The molecule has 19 heteroatoms. The van der Waals surface area contributed by atoms with E-state index in [-0.39, 0.29) is 25.7 Å². The lowest BCUT2D eigenvalue weighted by Gasteiger charge is -2.21. The van der Waals surface area contributed by atoms with Crippen molar-refractivity contribution in [3.05, 3.63) is 0 Å². The van der Waals surface area contributed by atoms with Crippen LogP contribution >= 0.6 is 15.6 Å². The zero-order valence-electron chi connectivity index (χ0n) is 59.9. The zero-order valence-corrected chi connectivity index (χ0v) is 61.6. The molecule has 0 aromatic rings. The summed E-state index contributed by atoms with van der Waals surface area (Å²) in [6.07, 6.45) is 51.8. The maximum absolute atomic E-state index is 13.1. The van der Waals surface area contributed by atoms with Gasteiger partial charge in [0.2, 0.25) is 0 Å². The van der Waals surface area contributed by atoms with Crippen LogP contribution in [-0.4, -0.2) is 96.7 Å². The standard InChI is InChI=1S/C73H142O17P2/c1-7-10-12-14-15-31-39-45-51-57-72(77)89-68(61-83-70(75)55-49-41-13-11-8-2)63-87-91(79,80)85-59-67(74)60-86-92(81,82)88-64-69(62-84-71(76)56-50-44-38-34-29-26-22-23-27-32-36-42-47-53-65(4)5)90-73(78)58-52-46-40-35-30-25-21-19-17-16-18-20-24-28-33-37-43-48-54-66(6)9-3/h65-69,74H,7-64H2,1-6H3,(H,79,80)(H,81,82)/t66?,67-,68+,69+/m0/s1. The van der Waals surface area contributed by atoms with Crippen molar-refractivity contribution in [1.82, 2.24) is 0 Å². The topological polar surface area (TPSA) is 237 Å². The van der Waals surface area contributed by atoms with Gasteiger partial charge in [-0.1, -0.05) is 324 Å². The first-order valence-corrected chi connectivity index (χ1v) is 41.0. The second-order valence-corrected chi connectivity index (χ2v) is 30.0. The van der Waals surface area contributed by atoms with E-state index >= 15 is 0 Å². The molecular weight excluding hydrogens is 1210 g/mol. The summed E-state index contributed by atoms with van der Waals surface area (Å²) in [6.45, 7) is 9.55. The van der Waals surface area contributed by atoms with Gasteiger partial charge in [-0.2, -0.15) is 0 Å². The fourth-order valence-corrected chi connectivity index (χ4v) is 12.7. The monoisotopic (exact) mass is 1350 g/mol. The van der Waals surface area contributed by atoms with E-state index in [1.54, 1.807) is 0 Å². The van der Waals surface area contributed by atoms with E-state index < -0.39 is 97.5 Å². The molecular formula is C73H142O17P2. The number of hydrogen-bond donors (Lipinski definition) is 3. The number of unbranched alkanes of at least 4 members (excludes halogenated alkanes) is 41. The maximum atomic E-state index is 13.1. The Morgan fingerprint density at radius 2 is 0.554 bits per heavy atom. The lowest BCUT2D eigenvalue weighted by atomic mass is 9.99. The third kappa shape index (κ3) is 65.4. The van der Waals surface area contributed by atoms with Gasteiger partial charge in [0.1, 0.15) is 19.3 Å². The molecule has 0 bridgehead atoms. The maximum Gasteiger partial charge on any atom is 0.472 e. The number of carbonyl (C=O) groups is 4. The van der Waals surface area contributed by atoms with E-state index in [0.29, 0.717) is 25.7 Å². The molecule has 0 saturated heterocycles. The Balaban J connectivity index is 5.10. The molecule has 3 N–H and O–H groups in total. The van der Waals surface area contributed by atoms with E-state index in [1.165, 1.54) is 186 Å². The molecule has 0 saturated carbocycles. The van der Waals surface area contributed by atoms with Gasteiger partial charge < -0.3 is 33.8 Å². The summed E-state index contributed by atoms with van der Waals surface area (Å²) in [4.78, 5) is 72.3. The summed E-state index contributed by atoms with van der Waals surface area (Å²) in [5.41, 5.74) is 0. The minimum Gasteiger partial charge on any atom is -0.462 e. The van der Waals surface area contributed by atoms with Crippen LogP contribution < -0.4 is 0 Å². The molecule has 0 amide bonds. The number of aliphatic hydroxyl groups excluding tert-OH is 1. The van der Waals surface area contributed by atoms with Crippen LogP contribution in [0.3, 0.4) is 0 Å². The quantitative estimate of drug-likeness (QED) is 0.0222. The Bertz CT molecular complexity index is 1790. The summed E-state index contributed by atoms with van der Waals surface area (Å²) >= 11 is 0. The highest BCUT2D eigenvalue weighted by atomic mass is 31.2. The summed E-state index contributed by atoms with van der Waals surface area (Å²) in [6, 6.07) is 0. The SMILES string of the molecule is CCCCCCCCCCCC(=O)O[C@H](COC(=O)CCCCCCC)COP(=O)(O)OC[C@H](O)COP(=O)(O)OC[C@@H](COC(=O)CCCCCCCCCCCCCCCC(C)C)OC(=O)CCCCCCCCCCCCCCCCCCCCC(C)CC. The Labute approximate surface area is 562 Å². The normalized spacial score (nSPS) is 14.4. The molecule has 0 heterocycles. The molecule has 0 spiro atoms. The number of aliphatic hydroxyl groups is 1. The van der Waals surface area contributed by atoms with E-state index in [0.717, 1.165) is 108 Å². The molecule has 546 valence electrons. The molecule has 0 rings (SSSR count). The van der Waals surface area contributed by atoms with Gasteiger partial charge >= 0.3 is 39.5 Å². The first-order chi connectivity index (χ1) is 44.4. The number of esters is 4. The van der Waals surface area contributed by atoms with Crippen molar-refractivity contribution < 1.29 is 80.2 Å². The van der Waals surface area contributed by atoms with Gasteiger partial charge in [0, 0.05) is 25.7 Å². The van der Waals surface area contributed by atoms with Crippen LogP contribution in [0.2, 0.25) is 0 Å². The van der Waals surface area contributed by atoms with Crippen LogP contribution in [0.5, 0.6) is 0 Å². The Hall–Kier alpha value is -1.94. The third-order valence-corrected chi connectivity index (χ3v) is 19.2. The predicted molar refractivity (Wildman–Crippen MR) is 372 cm³/mol. The number of carbonyl (C=O) groups excluding carboxylic acids is 4. The fourth-order valence-electron chi connectivity index (χ4n) is 11.1. The predicted octanol–water partition coefficient (Wildman–Crippen LogP) is 21.2. The molecule has 0 fully saturated rings. The van der Waals surface area contributed by atoms with Crippen molar-refractivity contribution in [2.45, 2.75) is 394 Å². The Morgan fingerprint density at radius 3 is 0.826 bits per heavy atom. The zero-order chi connectivity index (χ0) is 67.9. The van der Waals surface area contributed by atoms with Crippen molar-refractivity contribution in [3.63, 3.8) is 0 Å². The number of phosphoric acid groups is 2. The van der Waals surface area contributed by atoms with Crippen LogP contribution in [0.1, 0.15) is 375 Å². The Kier molecular flexibility index (Phi) is 63.7. The van der Waals surface area contributed by atoms with Crippen molar-refractivity contribution in [2.24, 2.45) is 11.8 Å². The second kappa shape index (κ2) is 65.0. The minimum absolute atomic E-state index is 0.105. The van der Waals surface area contributed by atoms with Gasteiger partial charge in [-0.25, -0.2) is 9.13 Å². The molecule has 92 heavy (non-hydrogen) atoms. The molecule has 0 aromatic carbocycles. The number of ether oxygens (including phenoxy) is 4. The number of rotatable bonds is 72. The average molecular weight is 1350 g/mol. The first kappa shape index (κ1) is 90.1. The summed E-state index contributed by atoms with van der Waals surface area (Å²) in [5.74, 6) is -0.471. The van der Waals surface area contributed by atoms with Crippen LogP contribution in [0, 0.1) is 11.8 Å². The minimum atomic E-state index is -4.95. The first-order valence-electron chi connectivity index (χ1n) is 38.0. The Morgan fingerprint density at radius 1 is 0.315 bits per heavy atom. The molecule has 17 nitrogen and oxygen atoms in total. The highest BCUT2D eigenvalue weighted by Gasteiger charge is 2.30.